The van der Waals surface area contributed by atoms with Gasteiger partial charge >= 0.3 is 0 Å². The normalized spacial score (nSPS) is 12.6. The van der Waals surface area contributed by atoms with Gasteiger partial charge in [0.15, 0.2) is 0 Å². The minimum absolute atomic E-state index is 0.0381. The highest BCUT2D eigenvalue weighted by atomic mass is 35.5. The van der Waals surface area contributed by atoms with Crippen molar-refractivity contribution >= 4 is 22.6 Å². The number of hydrogen-bond donors (Lipinski definition) is 1. The van der Waals surface area contributed by atoms with Crippen LogP contribution in [0.3, 0.4) is 0 Å². The quantitative estimate of drug-likeness (QED) is 0.373. The molecule has 0 fully saturated rings. The molecule has 0 aliphatic rings. The molecule has 0 aromatic heterocycles. The number of hydrogen-bond acceptors (Lipinski definition) is 3. The van der Waals surface area contributed by atoms with E-state index in [0.717, 1.165) is 5.56 Å². The summed E-state index contributed by atoms with van der Waals surface area (Å²) in [6, 6.07) is 7.09. The van der Waals surface area contributed by atoms with Gasteiger partial charge in [0.2, 0.25) is 11.0 Å². The molecule has 0 amide bonds. The third-order valence-electron chi connectivity index (χ3n) is 2.29. The molecule has 16 heavy (non-hydrogen) atoms. The lowest BCUT2D eigenvalue weighted by atomic mass is 9.86. The van der Waals surface area contributed by atoms with Crippen molar-refractivity contribution in [1.29, 1.82) is 0 Å². The lowest BCUT2D eigenvalue weighted by Crippen LogP contribution is -2.12. The monoisotopic (exact) mass is 239 g/mol. The second-order valence-corrected chi connectivity index (χ2v) is 4.91. The second-order valence-electron chi connectivity index (χ2n) is 4.55. The van der Waals surface area contributed by atoms with Crippen LogP contribution in [0.5, 0.6) is 0 Å². The maximum Gasteiger partial charge on any atom is 0.226 e. The third kappa shape index (κ3) is 2.83. The summed E-state index contributed by atoms with van der Waals surface area (Å²) in [5.41, 5.74) is 1.58. The van der Waals surface area contributed by atoms with Gasteiger partial charge in [0.1, 0.15) is 0 Å². The zero-order chi connectivity index (χ0) is 12.3. The number of Topliss-reactive ketones (excluding diaryl/α,β-unsaturated/α-hetero) is 1. The highest BCUT2D eigenvalue weighted by molar-refractivity contribution is 6.84. The Morgan fingerprint density at radius 3 is 2.12 bits per heavy atom. The van der Waals surface area contributed by atoms with Crippen LogP contribution in [0.1, 0.15) is 36.7 Å². The predicted octanol–water partition coefficient (Wildman–Crippen LogP) is 3.19. The minimum Gasteiger partial charge on any atom is -0.410 e. The molecule has 0 aliphatic carbocycles. The molecule has 1 rings (SSSR count). The fourth-order valence-electron chi connectivity index (χ4n) is 1.29. The number of benzene rings is 1. The Labute approximate surface area is 99.7 Å². The van der Waals surface area contributed by atoms with Gasteiger partial charge < -0.3 is 5.21 Å². The largest absolute Gasteiger partial charge is 0.410 e. The van der Waals surface area contributed by atoms with E-state index < -0.39 is 11.0 Å². The van der Waals surface area contributed by atoms with Gasteiger partial charge in [-0.15, -0.1) is 0 Å². The Morgan fingerprint density at radius 2 is 1.75 bits per heavy atom. The fourth-order valence-corrected chi connectivity index (χ4v) is 1.40. The van der Waals surface area contributed by atoms with Crippen LogP contribution in [0, 0.1) is 0 Å². The number of carbonyl (C=O) groups excluding carboxylic acids is 1. The van der Waals surface area contributed by atoms with Gasteiger partial charge in [-0.05, 0) is 11.0 Å². The van der Waals surface area contributed by atoms with Crippen LogP contribution >= 0.6 is 11.6 Å². The first-order chi connectivity index (χ1) is 7.36. The molecule has 0 heterocycles. The van der Waals surface area contributed by atoms with Crippen molar-refractivity contribution in [3.63, 3.8) is 0 Å². The van der Waals surface area contributed by atoms with Crippen LogP contribution in [0.2, 0.25) is 0 Å². The van der Waals surface area contributed by atoms with E-state index in [-0.39, 0.29) is 5.41 Å². The summed E-state index contributed by atoms with van der Waals surface area (Å²) >= 11 is 5.43. The average Bonchev–Trinajstić information content (AvgIpc) is 2.26. The van der Waals surface area contributed by atoms with Gasteiger partial charge in [-0.1, -0.05) is 61.8 Å². The minimum atomic E-state index is -0.482. The van der Waals surface area contributed by atoms with E-state index in [2.05, 4.69) is 25.9 Å². The first-order valence-electron chi connectivity index (χ1n) is 4.89. The maximum absolute atomic E-state index is 11.5. The predicted molar refractivity (Wildman–Crippen MR) is 64.5 cm³/mol. The van der Waals surface area contributed by atoms with E-state index in [4.69, 9.17) is 16.8 Å². The standard InChI is InChI=1S/C12H14ClNO2/c1-12(2,3)9-6-4-8(5-7-9)10(15)11(13)14-16/h4-7,16H,1-3H3/b14-11-. The average molecular weight is 240 g/mol. The molecule has 0 saturated carbocycles. The van der Waals surface area contributed by atoms with Crippen molar-refractivity contribution in [2.45, 2.75) is 26.2 Å². The second kappa shape index (κ2) is 4.66. The van der Waals surface area contributed by atoms with E-state index in [1.165, 1.54) is 0 Å². The first kappa shape index (κ1) is 12.7. The zero-order valence-corrected chi connectivity index (χ0v) is 10.2. The van der Waals surface area contributed by atoms with Gasteiger partial charge in [0, 0.05) is 5.56 Å². The summed E-state index contributed by atoms with van der Waals surface area (Å²) < 4.78 is 0. The van der Waals surface area contributed by atoms with Gasteiger partial charge in [-0.25, -0.2) is 0 Å². The van der Waals surface area contributed by atoms with Crippen molar-refractivity contribution < 1.29 is 10.0 Å². The molecule has 1 aromatic rings. The molecule has 4 heteroatoms. The molecule has 3 nitrogen and oxygen atoms in total. The SMILES string of the molecule is CC(C)(C)c1ccc(C(=O)/C(Cl)=N/O)cc1. The van der Waals surface area contributed by atoms with Gasteiger partial charge in [-0.3, -0.25) is 4.79 Å². The Hall–Kier alpha value is -1.35. The molecule has 0 spiro atoms. The first-order valence-corrected chi connectivity index (χ1v) is 5.27. The van der Waals surface area contributed by atoms with Crippen molar-refractivity contribution in [3.8, 4) is 0 Å². The van der Waals surface area contributed by atoms with Crippen LogP contribution in [0.4, 0.5) is 0 Å². The van der Waals surface area contributed by atoms with E-state index in [0.29, 0.717) is 5.56 Å². The Kier molecular flexibility index (Phi) is 3.70. The van der Waals surface area contributed by atoms with Crippen LogP contribution in [0.25, 0.3) is 0 Å². The van der Waals surface area contributed by atoms with Crippen molar-refractivity contribution in [2.24, 2.45) is 5.16 Å². The summed E-state index contributed by atoms with van der Waals surface area (Å²) in [6.45, 7) is 6.27. The lowest BCUT2D eigenvalue weighted by Gasteiger charge is -2.18. The topological polar surface area (TPSA) is 49.7 Å². The number of nitrogens with zero attached hydrogens (tertiary/aromatic N) is 1. The molecule has 0 bridgehead atoms. The molecule has 0 radical (unpaired) electrons. The molecule has 1 N–H and O–H groups in total. The Bertz CT molecular complexity index is 416. The summed E-state index contributed by atoms with van der Waals surface area (Å²) in [6.07, 6.45) is 0. The van der Waals surface area contributed by atoms with E-state index >= 15 is 0 Å². The molecular formula is C12H14ClNO2. The summed E-state index contributed by atoms with van der Waals surface area (Å²) in [5, 5.41) is 10.6. The summed E-state index contributed by atoms with van der Waals surface area (Å²) in [7, 11) is 0. The van der Waals surface area contributed by atoms with Crippen LogP contribution < -0.4 is 0 Å². The summed E-state index contributed by atoms with van der Waals surface area (Å²) in [4.78, 5) is 11.5. The van der Waals surface area contributed by atoms with E-state index in [1.807, 2.05) is 12.1 Å². The smallest absolute Gasteiger partial charge is 0.226 e. The number of halogens is 1. The number of oxime groups is 1. The maximum atomic E-state index is 11.5. The highest BCUT2D eigenvalue weighted by Crippen LogP contribution is 2.22. The lowest BCUT2D eigenvalue weighted by molar-refractivity contribution is 0.106. The number of carbonyl (C=O) groups is 1. The van der Waals surface area contributed by atoms with Gasteiger partial charge in [-0.2, -0.15) is 0 Å². The van der Waals surface area contributed by atoms with Crippen LogP contribution in [-0.4, -0.2) is 16.2 Å². The Morgan fingerprint density at radius 1 is 1.25 bits per heavy atom. The number of rotatable bonds is 2. The van der Waals surface area contributed by atoms with Crippen molar-refractivity contribution in [1.82, 2.24) is 0 Å². The van der Waals surface area contributed by atoms with Crippen molar-refractivity contribution in [2.75, 3.05) is 0 Å². The molecule has 1 aromatic carbocycles. The molecule has 0 unspecified atom stereocenters. The van der Waals surface area contributed by atoms with Gasteiger partial charge in [0.25, 0.3) is 0 Å². The van der Waals surface area contributed by atoms with Crippen LogP contribution in [-0.2, 0) is 5.41 Å². The van der Waals surface area contributed by atoms with E-state index in [9.17, 15) is 4.79 Å². The molecule has 0 saturated heterocycles. The Balaban J connectivity index is 3.01. The number of ketones is 1. The molecule has 0 aliphatic heterocycles. The third-order valence-corrected chi connectivity index (χ3v) is 2.54. The van der Waals surface area contributed by atoms with Gasteiger partial charge in [0.05, 0.1) is 0 Å². The van der Waals surface area contributed by atoms with Crippen molar-refractivity contribution in [3.05, 3.63) is 35.4 Å². The van der Waals surface area contributed by atoms with Crippen LogP contribution in [0.15, 0.2) is 29.4 Å². The molecular weight excluding hydrogens is 226 g/mol. The molecule has 0 atom stereocenters. The molecule has 86 valence electrons. The van der Waals surface area contributed by atoms with E-state index in [1.54, 1.807) is 12.1 Å². The summed E-state index contributed by atoms with van der Waals surface area (Å²) in [5.74, 6) is -0.482. The zero-order valence-electron chi connectivity index (χ0n) is 9.49. The highest BCUT2D eigenvalue weighted by Gasteiger charge is 2.16. The fraction of sp³-hybridized carbons (Fsp3) is 0.333.